The van der Waals surface area contributed by atoms with E-state index >= 15 is 0 Å². The molecule has 0 bridgehead atoms. The molecule has 1 fully saturated rings. The van der Waals surface area contributed by atoms with Gasteiger partial charge in [-0.25, -0.2) is 8.42 Å². The van der Waals surface area contributed by atoms with Crippen LogP contribution in [0, 0.1) is 5.92 Å². The van der Waals surface area contributed by atoms with Crippen molar-refractivity contribution in [3.05, 3.63) is 17.0 Å². The van der Waals surface area contributed by atoms with Gasteiger partial charge in [0, 0.05) is 13.1 Å². The molecule has 1 aliphatic rings. The minimum Gasteiger partial charge on any atom is -0.389 e. The molecule has 1 saturated carbocycles. The van der Waals surface area contributed by atoms with Crippen LogP contribution in [0.3, 0.4) is 0 Å². The lowest BCUT2D eigenvalue weighted by Crippen LogP contribution is -2.36. The Bertz CT molecular complexity index is 561. The first-order chi connectivity index (χ1) is 8.34. The van der Waals surface area contributed by atoms with E-state index in [9.17, 15) is 8.42 Å². The lowest BCUT2D eigenvalue weighted by molar-refractivity contribution is 0.358. The van der Waals surface area contributed by atoms with Crippen LogP contribution < -0.4 is 5.73 Å². The molecule has 1 aromatic heterocycles. The van der Waals surface area contributed by atoms with Gasteiger partial charge in [-0.2, -0.15) is 4.31 Å². The van der Waals surface area contributed by atoms with Crippen LogP contribution in [0.4, 0.5) is 0 Å². The Morgan fingerprint density at radius 3 is 2.61 bits per heavy atom. The number of thiocarbonyl (C=S) groups is 1. The SMILES string of the molecule is CC(C1CC1)N(C)S(=O)(=O)c1ccc(C(N)=S)s1. The number of nitrogens with two attached hydrogens (primary N) is 1. The summed E-state index contributed by atoms with van der Waals surface area (Å²) >= 11 is 5.98. The normalized spacial score (nSPS) is 17.9. The highest BCUT2D eigenvalue weighted by atomic mass is 32.2. The number of sulfonamides is 1. The minimum atomic E-state index is -3.42. The van der Waals surface area contributed by atoms with E-state index in [4.69, 9.17) is 18.0 Å². The van der Waals surface area contributed by atoms with Crippen LogP contribution >= 0.6 is 23.6 Å². The number of hydrogen-bond donors (Lipinski definition) is 1. The van der Waals surface area contributed by atoms with Crippen molar-refractivity contribution < 1.29 is 8.42 Å². The second kappa shape index (κ2) is 4.88. The van der Waals surface area contributed by atoms with Gasteiger partial charge in [-0.1, -0.05) is 12.2 Å². The summed E-state index contributed by atoms with van der Waals surface area (Å²) in [5.41, 5.74) is 5.50. The van der Waals surface area contributed by atoms with Crippen molar-refractivity contribution in [3.63, 3.8) is 0 Å². The first kappa shape index (κ1) is 13.9. The smallest absolute Gasteiger partial charge is 0.252 e. The van der Waals surface area contributed by atoms with Crippen molar-refractivity contribution in [2.75, 3.05) is 7.05 Å². The average molecular weight is 304 g/mol. The number of hydrogen-bond acceptors (Lipinski definition) is 4. The second-order valence-corrected chi connectivity index (χ2v) is 8.33. The van der Waals surface area contributed by atoms with Gasteiger partial charge in [0.2, 0.25) is 0 Å². The molecule has 0 amide bonds. The predicted molar refractivity (Wildman–Crippen MR) is 77.3 cm³/mol. The maximum atomic E-state index is 12.4. The highest BCUT2D eigenvalue weighted by molar-refractivity contribution is 7.91. The quantitative estimate of drug-likeness (QED) is 0.843. The number of nitrogens with zero attached hydrogens (tertiary/aromatic N) is 1. The molecular weight excluding hydrogens is 288 g/mol. The summed E-state index contributed by atoms with van der Waals surface area (Å²) in [6.07, 6.45) is 2.23. The van der Waals surface area contributed by atoms with Gasteiger partial charge >= 0.3 is 0 Å². The highest BCUT2D eigenvalue weighted by Gasteiger charge is 2.36. The van der Waals surface area contributed by atoms with Gasteiger partial charge in [0.05, 0.1) is 4.88 Å². The van der Waals surface area contributed by atoms with Crippen molar-refractivity contribution in [1.29, 1.82) is 0 Å². The Balaban J connectivity index is 2.26. The highest BCUT2D eigenvalue weighted by Crippen LogP contribution is 2.37. The molecule has 0 aromatic carbocycles. The minimum absolute atomic E-state index is 0.0466. The topological polar surface area (TPSA) is 63.4 Å². The van der Waals surface area contributed by atoms with Crippen LogP contribution in [-0.2, 0) is 10.0 Å². The van der Waals surface area contributed by atoms with E-state index in [1.807, 2.05) is 6.92 Å². The van der Waals surface area contributed by atoms with Gasteiger partial charge < -0.3 is 5.73 Å². The van der Waals surface area contributed by atoms with Crippen LogP contribution in [-0.4, -0.2) is 30.8 Å². The van der Waals surface area contributed by atoms with Gasteiger partial charge in [-0.05, 0) is 37.8 Å². The Labute approximate surface area is 117 Å². The molecule has 4 nitrogen and oxygen atoms in total. The maximum Gasteiger partial charge on any atom is 0.252 e. The Kier molecular flexibility index (Phi) is 3.77. The zero-order valence-corrected chi connectivity index (χ0v) is 12.7. The predicted octanol–water partition coefficient (Wildman–Crippen LogP) is 1.80. The van der Waals surface area contributed by atoms with Crippen molar-refractivity contribution >= 4 is 38.6 Å². The fraction of sp³-hybridized carbons (Fsp3) is 0.545. The van der Waals surface area contributed by atoms with Crippen molar-refractivity contribution in [2.45, 2.75) is 30.0 Å². The van der Waals surface area contributed by atoms with Crippen molar-refractivity contribution in [1.82, 2.24) is 4.31 Å². The number of rotatable bonds is 5. The van der Waals surface area contributed by atoms with Crippen LogP contribution in [0.15, 0.2) is 16.3 Å². The molecule has 1 heterocycles. The standard InChI is InChI=1S/C11H16N2O2S3/c1-7(8-3-4-8)13(2)18(14,15)10-6-5-9(17-10)11(12)16/h5-8H,3-4H2,1-2H3,(H2,12,16). The van der Waals surface area contributed by atoms with Crippen LogP contribution in [0.1, 0.15) is 24.6 Å². The summed E-state index contributed by atoms with van der Waals surface area (Å²) in [6.45, 7) is 1.96. The average Bonchev–Trinajstić information content (AvgIpc) is 3.02. The number of thiophene rings is 1. The van der Waals surface area contributed by atoms with E-state index in [1.54, 1.807) is 19.2 Å². The summed E-state index contributed by atoms with van der Waals surface area (Å²) in [7, 11) is -1.78. The Hall–Kier alpha value is -0.500. The molecule has 1 atom stereocenters. The summed E-state index contributed by atoms with van der Waals surface area (Å²) in [5.74, 6) is 0.500. The van der Waals surface area contributed by atoms with E-state index in [0.717, 1.165) is 24.2 Å². The molecule has 2 N–H and O–H groups in total. The molecule has 0 aliphatic heterocycles. The van der Waals surface area contributed by atoms with E-state index < -0.39 is 10.0 Å². The van der Waals surface area contributed by atoms with E-state index in [-0.39, 0.29) is 11.0 Å². The molecule has 0 spiro atoms. The van der Waals surface area contributed by atoms with Gasteiger partial charge in [0.15, 0.2) is 0 Å². The fourth-order valence-electron chi connectivity index (χ4n) is 1.83. The molecule has 1 aliphatic carbocycles. The lowest BCUT2D eigenvalue weighted by atomic mass is 10.2. The summed E-state index contributed by atoms with van der Waals surface area (Å²) in [4.78, 5) is 0.871. The monoisotopic (exact) mass is 304 g/mol. The molecule has 1 aromatic rings. The van der Waals surface area contributed by atoms with Gasteiger partial charge in [-0.3, -0.25) is 0 Å². The first-order valence-electron chi connectivity index (χ1n) is 5.71. The van der Waals surface area contributed by atoms with Gasteiger partial charge in [-0.15, -0.1) is 11.3 Å². The summed E-state index contributed by atoms with van der Waals surface area (Å²) in [5, 5.41) is 0. The van der Waals surface area contributed by atoms with Crippen molar-refractivity contribution in [2.24, 2.45) is 11.7 Å². The van der Waals surface area contributed by atoms with Gasteiger partial charge in [0.1, 0.15) is 9.20 Å². The third kappa shape index (κ3) is 2.59. The first-order valence-corrected chi connectivity index (χ1v) is 8.38. The molecule has 1 unspecified atom stereocenters. The van der Waals surface area contributed by atoms with E-state index in [2.05, 4.69) is 0 Å². The molecule has 7 heteroatoms. The fourth-order valence-corrected chi connectivity index (χ4v) is 4.79. The third-order valence-electron chi connectivity index (χ3n) is 3.34. The molecule has 0 saturated heterocycles. The molecule has 0 radical (unpaired) electrons. The molecule has 2 rings (SSSR count). The summed E-state index contributed by atoms with van der Waals surface area (Å²) in [6, 6.07) is 3.28. The van der Waals surface area contributed by atoms with E-state index in [1.165, 1.54) is 4.31 Å². The molecular formula is C11H16N2O2S3. The maximum absolute atomic E-state index is 12.4. The summed E-state index contributed by atoms with van der Waals surface area (Å²) < 4.78 is 26.6. The van der Waals surface area contributed by atoms with Crippen LogP contribution in [0.25, 0.3) is 0 Å². The van der Waals surface area contributed by atoms with Crippen molar-refractivity contribution in [3.8, 4) is 0 Å². The zero-order valence-electron chi connectivity index (χ0n) is 10.3. The largest absolute Gasteiger partial charge is 0.389 e. The van der Waals surface area contributed by atoms with Gasteiger partial charge in [0.25, 0.3) is 10.0 Å². The van der Waals surface area contributed by atoms with Crippen LogP contribution in [0.2, 0.25) is 0 Å². The zero-order chi connectivity index (χ0) is 13.5. The molecule has 100 valence electrons. The lowest BCUT2D eigenvalue weighted by Gasteiger charge is -2.23. The Morgan fingerprint density at radius 1 is 1.56 bits per heavy atom. The van der Waals surface area contributed by atoms with Crippen LogP contribution in [0.5, 0.6) is 0 Å². The Morgan fingerprint density at radius 2 is 2.17 bits per heavy atom. The third-order valence-corrected chi connectivity index (χ3v) is 7.21. The second-order valence-electron chi connectivity index (χ2n) is 4.58. The molecule has 18 heavy (non-hydrogen) atoms. The van der Waals surface area contributed by atoms with E-state index in [0.29, 0.717) is 15.0 Å².